The molecule has 38 heavy (non-hydrogen) atoms. The number of hydrogen-bond acceptors (Lipinski definition) is 6. The highest BCUT2D eigenvalue weighted by molar-refractivity contribution is 5.99. The summed E-state index contributed by atoms with van der Waals surface area (Å²) in [7, 11) is 0. The first-order valence-electron chi connectivity index (χ1n) is 12.8. The van der Waals surface area contributed by atoms with E-state index >= 15 is 0 Å². The summed E-state index contributed by atoms with van der Waals surface area (Å²) in [6.07, 6.45) is 2.54. The second-order valence-electron chi connectivity index (χ2n) is 9.88. The molecule has 0 heterocycles. The molecule has 8 heteroatoms. The predicted octanol–water partition coefficient (Wildman–Crippen LogP) is 3.40. The molecule has 2 aromatic rings. The highest BCUT2D eigenvalue weighted by Gasteiger charge is 2.24. The third-order valence-electron chi connectivity index (χ3n) is 5.27. The van der Waals surface area contributed by atoms with E-state index in [9.17, 15) is 19.2 Å². The Bertz CT molecular complexity index is 981. The van der Waals surface area contributed by atoms with E-state index in [0.717, 1.165) is 23.3 Å². The molecule has 0 aliphatic rings. The molecule has 0 saturated carbocycles. The van der Waals surface area contributed by atoms with E-state index in [1.54, 1.807) is 0 Å². The lowest BCUT2D eigenvalue weighted by Crippen LogP contribution is -2.44. The number of esters is 2. The van der Waals surface area contributed by atoms with Crippen molar-refractivity contribution in [3.8, 4) is 0 Å². The van der Waals surface area contributed by atoms with E-state index in [1.165, 1.54) is 0 Å². The number of amides is 2. The van der Waals surface area contributed by atoms with Crippen molar-refractivity contribution in [2.75, 3.05) is 13.2 Å². The number of carbonyl (C=O) groups excluding carboxylic acids is 4. The van der Waals surface area contributed by atoms with Crippen molar-refractivity contribution in [2.24, 2.45) is 11.8 Å². The molecule has 2 N–H and O–H groups in total. The van der Waals surface area contributed by atoms with Crippen LogP contribution in [0, 0.1) is 11.8 Å². The maximum absolute atomic E-state index is 12.6. The molecule has 0 aromatic heterocycles. The number of nitrogens with one attached hydrogen (secondary N) is 2. The Kier molecular flexibility index (Phi) is 12.8. The summed E-state index contributed by atoms with van der Waals surface area (Å²) < 4.78 is 10.7. The van der Waals surface area contributed by atoms with E-state index in [2.05, 4.69) is 10.6 Å². The van der Waals surface area contributed by atoms with Crippen molar-refractivity contribution in [3.05, 3.63) is 83.9 Å². The van der Waals surface area contributed by atoms with E-state index < -0.39 is 35.8 Å². The summed E-state index contributed by atoms with van der Waals surface area (Å²) in [5.74, 6) is -2.08. The Morgan fingerprint density at radius 2 is 0.974 bits per heavy atom. The van der Waals surface area contributed by atoms with Gasteiger partial charge in [-0.25, -0.2) is 9.59 Å². The Morgan fingerprint density at radius 1 is 0.632 bits per heavy atom. The van der Waals surface area contributed by atoms with Crippen LogP contribution in [0.15, 0.2) is 72.8 Å². The lowest BCUT2D eigenvalue weighted by atomic mass is 10.1. The van der Waals surface area contributed by atoms with Gasteiger partial charge in [0.15, 0.2) is 0 Å². The number of ether oxygens (including phenoxy) is 2. The smallest absolute Gasteiger partial charge is 0.329 e. The maximum atomic E-state index is 12.6. The monoisotopic (exact) mass is 522 g/mol. The SMILES string of the molecule is CC(C)COC(=O)[C@H](Cc1ccccc1)NC(=O)/C=C/C(=O)N[C@@H](Cc1ccccc1)C(=O)OCC(C)C. The molecule has 2 amide bonds. The highest BCUT2D eigenvalue weighted by Crippen LogP contribution is 2.08. The Morgan fingerprint density at radius 3 is 1.29 bits per heavy atom. The summed E-state index contributed by atoms with van der Waals surface area (Å²) in [4.78, 5) is 50.5. The van der Waals surface area contributed by atoms with Gasteiger partial charge in [-0.15, -0.1) is 0 Å². The molecular weight excluding hydrogens is 484 g/mol. The zero-order valence-electron chi connectivity index (χ0n) is 22.5. The third kappa shape index (κ3) is 11.9. The minimum atomic E-state index is -0.923. The number of rotatable bonds is 14. The average Bonchev–Trinajstić information content (AvgIpc) is 2.89. The molecule has 0 aliphatic carbocycles. The van der Waals surface area contributed by atoms with Crippen molar-refractivity contribution >= 4 is 23.8 Å². The average molecular weight is 523 g/mol. The molecule has 0 bridgehead atoms. The van der Waals surface area contributed by atoms with Gasteiger partial charge < -0.3 is 20.1 Å². The molecule has 2 aromatic carbocycles. The Labute approximate surface area is 224 Å². The first-order valence-corrected chi connectivity index (χ1v) is 12.8. The molecule has 0 radical (unpaired) electrons. The van der Waals surface area contributed by atoms with Gasteiger partial charge in [0.1, 0.15) is 12.1 Å². The summed E-state index contributed by atoms with van der Waals surface area (Å²) in [5, 5.41) is 5.24. The van der Waals surface area contributed by atoms with Crippen molar-refractivity contribution < 1.29 is 28.7 Å². The van der Waals surface area contributed by atoms with E-state index in [4.69, 9.17) is 9.47 Å². The topological polar surface area (TPSA) is 111 Å². The number of hydrogen-bond donors (Lipinski definition) is 2. The second kappa shape index (κ2) is 16.0. The lowest BCUT2D eigenvalue weighted by Gasteiger charge is -2.18. The fourth-order valence-electron chi connectivity index (χ4n) is 3.38. The minimum absolute atomic E-state index is 0.145. The quantitative estimate of drug-likeness (QED) is 0.291. The van der Waals surface area contributed by atoms with E-state index in [0.29, 0.717) is 0 Å². The molecule has 0 unspecified atom stereocenters. The van der Waals surface area contributed by atoms with Gasteiger partial charge in [0.2, 0.25) is 11.8 Å². The lowest BCUT2D eigenvalue weighted by molar-refractivity contribution is -0.149. The zero-order chi connectivity index (χ0) is 27.9. The Hall–Kier alpha value is -3.94. The summed E-state index contributed by atoms with van der Waals surface area (Å²) in [5.41, 5.74) is 1.70. The molecule has 0 aliphatic heterocycles. The van der Waals surface area contributed by atoms with Crippen molar-refractivity contribution in [3.63, 3.8) is 0 Å². The second-order valence-corrected chi connectivity index (χ2v) is 9.88. The molecule has 2 atom stereocenters. The first-order chi connectivity index (χ1) is 18.1. The van der Waals surface area contributed by atoms with Gasteiger partial charge in [-0.2, -0.15) is 0 Å². The Balaban J connectivity index is 2.04. The van der Waals surface area contributed by atoms with Crippen LogP contribution in [0.25, 0.3) is 0 Å². The van der Waals surface area contributed by atoms with Crippen LogP contribution in [-0.2, 0) is 41.5 Å². The van der Waals surface area contributed by atoms with Gasteiger partial charge in [-0.1, -0.05) is 88.4 Å². The largest absolute Gasteiger partial charge is 0.464 e. The van der Waals surface area contributed by atoms with Crippen LogP contribution in [0.1, 0.15) is 38.8 Å². The molecule has 8 nitrogen and oxygen atoms in total. The molecule has 0 fully saturated rings. The number of carbonyl (C=O) groups is 4. The molecular formula is C30H38N2O6. The van der Waals surface area contributed by atoms with Gasteiger partial charge in [-0.05, 0) is 23.0 Å². The van der Waals surface area contributed by atoms with Gasteiger partial charge >= 0.3 is 11.9 Å². The standard InChI is InChI=1S/C30H38N2O6/c1-21(2)19-37-29(35)25(17-23-11-7-5-8-12-23)31-27(33)15-16-28(34)32-26(30(36)38-20-22(3)4)18-24-13-9-6-10-14-24/h5-16,21-22,25-26H,17-20H2,1-4H3,(H,31,33)(H,32,34)/b16-15+/t25-,26-/m0/s1. The molecule has 2 rings (SSSR count). The fourth-order valence-corrected chi connectivity index (χ4v) is 3.38. The minimum Gasteiger partial charge on any atom is -0.464 e. The van der Waals surface area contributed by atoms with Crippen molar-refractivity contribution in [1.29, 1.82) is 0 Å². The third-order valence-corrected chi connectivity index (χ3v) is 5.27. The van der Waals surface area contributed by atoms with Crippen LogP contribution >= 0.6 is 0 Å². The molecule has 204 valence electrons. The van der Waals surface area contributed by atoms with Crippen molar-refractivity contribution in [1.82, 2.24) is 10.6 Å². The van der Waals surface area contributed by atoms with E-state index in [-0.39, 0.29) is 37.9 Å². The van der Waals surface area contributed by atoms with Gasteiger partial charge in [0.05, 0.1) is 13.2 Å². The van der Waals surface area contributed by atoms with Crippen LogP contribution < -0.4 is 10.6 Å². The molecule has 0 saturated heterocycles. The summed E-state index contributed by atoms with van der Waals surface area (Å²) in [6.45, 7) is 8.14. The van der Waals surface area contributed by atoms with Gasteiger partial charge in [-0.3, -0.25) is 9.59 Å². The molecule has 0 spiro atoms. The van der Waals surface area contributed by atoms with Crippen LogP contribution in [0.2, 0.25) is 0 Å². The van der Waals surface area contributed by atoms with Crippen LogP contribution in [0.3, 0.4) is 0 Å². The summed E-state index contributed by atoms with van der Waals surface area (Å²) in [6, 6.07) is 16.6. The normalized spacial score (nSPS) is 12.7. The zero-order valence-corrected chi connectivity index (χ0v) is 22.5. The van der Waals surface area contributed by atoms with Gasteiger partial charge in [0.25, 0.3) is 0 Å². The van der Waals surface area contributed by atoms with Crippen LogP contribution in [0.4, 0.5) is 0 Å². The van der Waals surface area contributed by atoms with Crippen LogP contribution in [-0.4, -0.2) is 49.1 Å². The van der Waals surface area contributed by atoms with E-state index in [1.807, 2.05) is 88.4 Å². The fraction of sp³-hybridized carbons (Fsp3) is 0.400. The van der Waals surface area contributed by atoms with Gasteiger partial charge in [0, 0.05) is 25.0 Å². The van der Waals surface area contributed by atoms with Crippen molar-refractivity contribution in [2.45, 2.75) is 52.6 Å². The highest BCUT2D eigenvalue weighted by atomic mass is 16.5. The number of benzene rings is 2. The predicted molar refractivity (Wildman–Crippen MR) is 145 cm³/mol. The summed E-state index contributed by atoms with van der Waals surface area (Å²) >= 11 is 0. The maximum Gasteiger partial charge on any atom is 0.329 e. The first kappa shape index (κ1) is 30.3. The van der Waals surface area contributed by atoms with Crippen LogP contribution in [0.5, 0.6) is 0 Å².